The molecular weight excluding hydrogens is 212 g/mol. The lowest BCUT2D eigenvalue weighted by atomic mass is 10.1. The van der Waals surface area contributed by atoms with Gasteiger partial charge in [-0.3, -0.25) is 4.98 Å². The monoisotopic (exact) mass is 228 g/mol. The van der Waals surface area contributed by atoms with Crippen molar-refractivity contribution in [3.8, 4) is 0 Å². The molecule has 0 aromatic carbocycles. The quantitative estimate of drug-likeness (QED) is 0.874. The molecule has 0 radical (unpaired) electrons. The summed E-state index contributed by atoms with van der Waals surface area (Å²) in [5.41, 5.74) is 7.91. The number of aromatic nitrogens is 3. The summed E-state index contributed by atoms with van der Waals surface area (Å²) in [5.74, 6) is 1.66. The van der Waals surface area contributed by atoms with E-state index in [2.05, 4.69) is 28.8 Å². The van der Waals surface area contributed by atoms with Crippen LogP contribution in [0.25, 0.3) is 0 Å². The molecule has 2 aromatic rings. The topological polar surface area (TPSA) is 64.7 Å². The average molecular weight is 228 g/mol. The van der Waals surface area contributed by atoms with Gasteiger partial charge >= 0.3 is 0 Å². The number of hydrogen-bond acceptors (Lipinski definition) is 4. The molecule has 4 heteroatoms. The molecular formula is C13H16N4. The van der Waals surface area contributed by atoms with E-state index in [9.17, 15) is 0 Å². The molecule has 0 amide bonds. The fourth-order valence-corrected chi connectivity index (χ4v) is 1.60. The maximum Gasteiger partial charge on any atom is 0.135 e. The Labute approximate surface area is 101 Å². The fourth-order valence-electron chi connectivity index (χ4n) is 1.60. The molecule has 88 valence electrons. The minimum atomic E-state index is 0.358. The molecule has 2 heterocycles. The molecule has 0 saturated heterocycles. The zero-order valence-electron chi connectivity index (χ0n) is 10.1. The maximum absolute atomic E-state index is 5.79. The zero-order chi connectivity index (χ0) is 12.3. The van der Waals surface area contributed by atoms with Crippen molar-refractivity contribution in [2.45, 2.75) is 26.2 Å². The van der Waals surface area contributed by atoms with Crippen LogP contribution in [0.15, 0.2) is 30.6 Å². The SMILES string of the molecule is CC(C)c1cc(N)nc(Cc2ccncc2)n1. The highest BCUT2D eigenvalue weighted by molar-refractivity contribution is 5.32. The summed E-state index contributed by atoms with van der Waals surface area (Å²) in [5, 5.41) is 0. The third-order valence-corrected chi connectivity index (χ3v) is 2.52. The van der Waals surface area contributed by atoms with Gasteiger partial charge in [0.05, 0.1) is 0 Å². The number of pyridine rings is 1. The second-order valence-corrected chi connectivity index (χ2v) is 4.32. The van der Waals surface area contributed by atoms with Gasteiger partial charge in [0.2, 0.25) is 0 Å². The van der Waals surface area contributed by atoms with Crippen LogP contribution in [0, 0.1) is 0 Å². The number of nitrogens with two attached hydrogens (primary N) is 1. The Morgan fingerprint density at radius 2 is 1.88 bits per heavy atom. The molecule has 0 atom stereocenters. The van der Waals surface area contributed by atoms with Crippen LogP contribution < -0.4 is 5.73 Å². The summed E-state index contributed by atoms with van der Waals surface area (Å²) >= 11 is 0. The first-order valence-corrected chi connectivity index (χ1v) is 5.67. The predicted octanol–water partition coefficient (Wildman–Crippen LogP) is 2.17. The second kappa shape index (κ2) is 4.91. The van der Waals surface area contributed by atoms with Crippen molar-refractivity contribution in [1.82, 2.24) is 15.0 Å². The molecule has 4 nitrogen and oxygen atoms in total. The number of rotatable bonds is 3. The van der Waals surface area contributed by atoms with Crippen molar-refractivity contribution in [2.75, 3.05) is 5.73 Å². The van der Waals surface area contributed by atoms with E-state index >= 15 is 0 Å². The number of hydrogen-bond donors (Lipinski definition) is 1. The molecule has 2 rings (SSSR count). The number of anilines is 1. The van der Waals surface area contributed by atoms with E-state index in [0.29, 0.717) is 18.2 Å². The lowest BCUT2D eigenvalue weighted by molar-refractivity contribution is 0.793. The highest BCUT2D eigenvalue weighted by Gasteiger charge is 2.06. The van der Waals surface area contributed by atoms with Crippen LogP contribution >= 0.6 is 0 Å². The van der Waals surface area contributed by atoms with Gasteiger partial charge < -0.3 is 5.73 Å². The van der Waals surface area contributed by atoms with E-state index in [1.165, 1.54) is 0 Å². The Balaban J connectivity index is 2.27. The number of nitrogen functional groups attached to an aromatic ring is 1. The van der Waals surface area contributed by atoms with Gasteiger partial charge in [0.1, 0.15) is 11.6 Å². The van der Waals surface area contributed by atoms with Gasteiger partial charge in [0, 0.05) is 30.6 Å². The van der Waals surface area contributed by atoms with Gasteiger partial charge in [0.25, 0.3) is 0 Å². The van der Waals surface area contributed by atoms with Crippen molar-refractivity contribution in [2.24, 2.45) is 0 Å². The maximum atomic E-state index is 5.79. The lowest BCUT2D eigenvalue weighted by Gasteiger charge is -2.08. The molecule has 0 aliphatic heterocycles. The highest BCUT2D eigenvalue weighted by Crippen LogP contribution is 2.15. The molecule has 2 N–H and O–H groups in total. The summed E-state index contributed by atoms with van der Waals surface area (Å²) in [6.45, 7) is 4.19. The summed E-state index contributed by atoms with van der Waals surface area (Å²) < 4.78 is 0. The summed E-state index contributed by atoms with van der Waals surface area (Å²) in [6.07, 6.45) is 4.23. The number of nitrogens with zero attached hydrogens (tertiary/aromatic N) is 3. The smallest absolute Gasteiger partial charge is 0.135 e. The first kappa shape index (κ1) is 11.5. The van der Waals surface area contributed by atoms with Gasteiger partial charge in [-0.15, -0.1) is 0 Å². The molecule has 0 saturated carbocycles. The lowest BCUT2D eigenvalue weighted by Crippen LogP contribution is -2.05. The van der Waals surface area contributed by atoms with Crippen molar-refractivity contribution in [3.63, 3.8) is 0 Å². The van der Waals surface area contributed by atoms with Crippen LogP contribution in [0.5, 0.6) is 0 Å². The Morgan fingerprint density at radius 1 is 1.18 bits per heavy atom. The largest absolute Gasteiger partial charge is 0.384 e. The molecule has 0 unspecified atom stereocenters. The molecule has 0 bridgehead atoms. The van der Waals surface area contributed by atoms with Crippen molar-refractivity contribution >= 4 is 5.82 Å². The zero-order valence-corrected chi connectivity index (χ0v) is 10.1. The Kier molecular flexibility index (Phi) is 3.32. The molecule has 0 fully saturated rings. The third-order valence-electron chi connectivity index (χ3n) is 2.52. The van der Waals surface area contributed by atoms with Crippen LogP contribution in [-0.2, 0) is 6.42 Å². The van der Waals surface area contributed by atoms with E-state index in [1.54, 1.807) is 12.4 Å². The summed E-state index contributed by atoms with van der Waals surface area (Å²) in [7, 11) is 0. The van der Waals surface area contributed by atoms with Gasteiger partial charge in [-0.2, -0.15) is 0 Å². The van der Waals surface area contributed by atoms with Crippen LogP contribution in [-0.4, -0.2) is 15.0 Å². The predicted molar refractivity (Wildman–Crippen MR) is 67.6 cm³/mol. The summed E-state index contributed by atoms with van der Waals surface area (Å²) in [6, 6.07) is 5.75. The fraction of sp³-hybridized carbons (Fsp3) is 0.308. The van der Waals surface area contributed by atoms with Crippen molar-refractivity contribution in [3.05, 3.63) is 47.7 Å². The van der Waals surface area contributed by atoms with Crippen molar-refractivity contribution < 1.29 is 0 Å². The van der Waals surface area contributed by atoms with E-state index in [4.69, 9.17) is 5.73 Å². The van der Waals surface area contributed by atoms with Crippen LogP contribution in [0.2, 0.25) is 0 Å². The van der Waals surface area contributed by atoms with Crippen LogP contribution in [0.4, 0.5) is 5.82 Å². The standard InChI is InChI=1S/C13H16N4/c1-9(2)11-8-12(14)17-13(16-11)7-10-3-5-15-6-4-10/h3-6,8-9H,7H2,1-2H3,(H2,14,16,17). The second-order valence-electron chi connectivity index (χ2n) is 4.32. The van der Waals surface area contributed by atoms with Gasteiger partial charge in [-0.1, -0.05) is 13.8 Å². The molecule has 0 spiro atoms. The molecule has 17 heavy (non-hydrogen) atoms. The van der Waals surface area contributed by atoms with E-state index in [-0.39, 0.29) is 0 Å². The van der Waals surface area contributed by atoms with Crippen molar-refractivity contribution in [1.29, 1.82) is 0 Å². The Hall–Kier alpha value is -1.97. The van der Waals surface area contributed by atoms with E-state index in [1.807, 2.05) is 18.2 Å². The molecule has 2 aromatic heterocycles. The minimum absolute atomic E-state index is 0.358. The summed E-state index contributed by atoms with van der Waals surface area (Å²) in [4.78, 5) is 12.8. The van der Waals surface area contributed by atoms with Gasteiger partial charge in [0.15, 0.2) is 0 Å². The Bertz CT molecular complexity index is 494. The van der Waals surface area contributed by atoms with Gasteiger partial charge in [-0.25, -0.2) is 9.97 Å². The first-order valence-electron chi connectivity index (χ1n) is 5.67. The molecule has 0 aliphatic rings. The Morgan fingerprint density at radius 3 is 2.53 bits per heavy atom. The first-order chi connectivity index (χ1) is 8.15. The molecule has 0 aliphatic carbocycles. The average Bonchev–Trinajstić information content (AvgIpc) is 2.29. The minimum Gasteiger partial charge on any atom is -0.384 e. The van der Waals surface area contributed by atoms with Gasteiger partial charge in [-0.05, 0) is 23.6 Å². The van der Waals surface area contributed by atoms with E-state index in [0.717, 1.165) is 17.1 Å². The van der Waals surface area contributed by atoms with Crippen LogP contribution in [0.3, 0.4) is 0 Å². The highest BCUT2D eigenvalue weighted by atomic mass is 14.9. The van der Waals surface area contributed by atoms with E-state index < -0.39 is 0 Å². The normalized spacial score (nSPS) is 10.8. The third kappa shape index (κ3) is 3.00. The van der Waals surface area contributed by atoms with Crippen LogP contribution in [0.1, 0.15) is 36.8 Å².